The molecule has 0 aliphatic heterocycles. The Morgan fingerprint density at radius 1 is 1.16 bits per heavy atom. The van der Waals surface area contributed by atoms with Crippen molar-refractivity contribution < 1.29 is 4.79 Å². The summed E-state index contributed by atoms with van der Waals surface area (Å²) in [6.45, 7) is 4.61. The number of nitrogens with one attached hydrogen (secondary N) is 2. The highest BCUT2D eigenvalue weighted by Crippen LogP contribution is 2.09. The Morgan fingerprint density at radius 2 is 1.89 bits per heavy atom. The number of carbonyl (C=O) groups is 1. The highest BCUT2D eigenvalue weighted by atomic mass is 35.5. The molecule has 0 saturated heterocycles. The third kappa shape index (κ3) is 7.45. The van der Waals surface area contributed by atoms with Crippen LogP contribution in [0.25, 0.3) is 0 Å². The molecule has 0 fully saturated rings. The normalized spacial score (nSPS) is 10.4. The predicted molar refractivity (Wildman–Crippen MR) is 84.3 cm³/mol. The lowest BCUT2D eigenvalue weighted by atomic mass is 10.2. The molecule has 5 heteroatoms. The van der Waals surface area contributed by atoms with E-state index in [1.54, 1.807) is 24.3 Å². The van der Waals surface area contributed by atoms with Crippen LogP contribution in [-0.2, 0) is 0 Å². The SMILES string of the molecule is CCCSCCNCCNC(=O)c1ccc(Cl)cc1. The monoisotopic (exact) mass is 300 g/mol. The van der Waals surface area contributed by atoms with Crippen molar-refractivity contribution >= 4 is 29.3 Å². The number of carbonyl (C=O) groups excluding carboxylic acids is 1. The zero-order valence-corrected chi connectivity index (χ0v) is 12.8. The molecule has 0 spiro atoms. The van der Waals surface area contributed by atoms with Crippen LogP contribution in [0.3, 0.4) is 0 Å². The van der Waals surface area contributed by atoms with Crippen molar-refractivity contribution in [2.45, 2.75) is 13.3 Å². The van der Waals surface area contributed by atoms with Gasteiger partial charge in [0.05, 0.1) is 0 Å². The number of rotatable bonds is 9. The molecule has 3 nitrogen and oxygen atoms in total. The summed E-state index contributed by atoms with van der Waals surface area (Å²) in [6, 6.07) is 6.90. The lowest BCUT2D eigenvalue weighted by Crippen LogP contribution is -2.32. The van der Waals surface area contributed by atoms with Crippen molar-refractivity contribution in [3.63, 3.8) is 0 Å². The van der Waals surface area contributed by atoms with Crippen LogP contribution < -0.4 is 10.6 Å². The molecule has 1 rings (SSSR count). The average molecular weight is 301 g/mol. The van der Waals surface area contributed by atoms with Gasteiger partial charge in [-0.2, -0.15) is 11.8 Å². The van der Waals surface area contributed by atoms with Gasteiger partial charge in [0.1, 0.15) is 0 Å². The van der Waals surface area contributed by atoms with Gasteiger partial charge in [0, 0.05) is 36.0 Å². The summed E-state index contributed by atoms with van der Waals surface area (Å²) in [6.07, 6.45) is 1.22. The summed E-state index contributed by atoms with van der Waals surface area (Å²) in [7, 11) is 0. The minimum atomic E-state index is -0.0566. The maximum Gasteiger partial charge on any atom is 0.251 e. The zero-order valence-electron chi connectivity index (χ0n) is 11.2. The molecule has 0 heterocycles. The summed E-state index contributed by atoms with van der Waals surface area (Å²) >= 11 is 7.72. The topological polar surface area (TPSA) is 41.1 Å². The van der Waals surface area contributed by atoms with Gasteiger partial charge < -0.3 is 10.6 Å². The van der Waals surface area contributed by atoms with Crippen LogP contribution in [0, 0.1) is 0 Å². The highest BCUT2D eigenvalue weighted by molar-refractivity contribution is 7.99. The molecular weight excluding hydrogens is 280 g/mol. The van der Waals surface area contributed by atoms with E-state index >= 15 is 0 Å². The van der Waals surface area contributed by atoms with E-state index in [-0.39, 0.29) is 5.91 Å². The Morgan fingerprint density at radius 3 is 2.58 bits per heavy atom. The fraction of sp³-hybridized carbons (Fsp3) is 0.500. The van der Waals surface area contributed by atoms with Crippen LogP contribution in [0.5, 0.6) is 0 Å². The second-order valence-corrected chi connectivity index (χ2v) is 5.79. The van der Waals surface area contributed by atoms with E-state index in [1.807, 2.05) is 11.8 Å². The van der Waals surface area contributed by atoms with Crippen molar-refractivity contribution in [2.24, 2.45) is 0 Å². The van der Waals surface area contributed by atoms with E-state index in [0.717, 1.165) is 18.8 Å². The zero-order chi connectivity index (χ0) is 13.9. The van der Waals surface area contributed by atoms with E-state index in [2.05, 4.69) is 17.6 Å². The van der Waals surface area contributed by atoms with E-state index in [4.69, 9.17) is 11.6 Å². The van der Waals surface area contributed by atoms with Crippen LogP contribution in [0.4, 0.5) is 0 Å². The number of halogens is 1. The first kappa shape index (κ1) is 16.3. The van der Waals surface area contributed by atoms with Gasteiger partial charge in [-0.1, -0.05) is 18.5 Å². The molecule has 1 aromatic carbocycles. The second-order valence-electron chi connectivity index (χ2n) is 4.13. The third-order valence-corrected chi connectivity index (χ3v) is 3.91. The van der Waals surface area contributed by atoms with Crippen molar-refractivity contribution in [3.8, 4) is 0 Å². The molecule has 19 heavy (non-hydrogen) atoms. The summed E-state index contributed by atoms with van der Waals surface area (Å²) in [5.41, 5.74) is 0.642. The van der Waals surface area contributed by atoms with Crippen LogP contribution in [-0.4, -0.2) is 37.0 Å². The van der Waals surface area contributed by atoms with Crippen molar-refractivity contribution in [3.05, 3.63) is 34.9 Å². The molecule has 0 aliphatic carbocycles. The Hall–Kier alpha value is -0.710. The minimum absolute atomic E-state index is 0.0566. The Labute approximate surface area is 124 Å². The smallest absolute Gasteiger partial charge is 0.251 e. The minimum Gasteiger partial charge on any atom is -0.351 e. The van der Waals surface area contributed by atoms with Crippen molar-refractivity contribution in [1.29, 1.82) is 0 Å². The number of hydrogen-bond acceptors (Lipinski definition) is 3. The molecule has 0 radical (unpaired) electrons. The average Bonchev–Trinajstić information content (AvgIpc) is 2.42. The molecular formula is C14H21ClN2OS. The van der Waals surface area contributed by atoms with Gasteiger partial charge in [0.25, 0.3) is 5.91 Å². The summed E-state index contributed by atoms with van der Waals surface area (Å²) in [5, 5.41) is 6.81. The Balaban J connectivity index is 2.06. The summed E-state index contributed by atoms with van der Waals surface area (Å²) in [5.74, 6) is 2.28. The number of benzene rings is 1. The van der Waals surface area contributed by atoms with Crippen molar-refractivity contribution in [2.75, 3.05) is 31.1 Å². The second kappa shape index (κ2) is 10.1. The number of thioether (sulfide) groups is 1. The molecule has 0 bridgehead atoms. The lowest BCUT2D eigenvalue weighted by molar-refractivity contribution is 0.0954. The number of amides is 1. The van der Waals surface area contributed by atoms with E-state index in [9.17, 15) is 4.79 Å². The highest BCUT2D eigenvalue weighted by Gasteiger charge is 2.03. The largest absolute Gasteiger partial charge is 0.351 e. The van der Waals surface area contributed by atoms with E-state index in [1.165, 1.54) is 12.2 Å². The first-order valence-electron chi connectivity index (χ1n) is 6.56. The van der Waals surface area contributed by atoms with Crippen molar-refractivity contribution in [1.82, 2.24) is 10.6 Å². The van der Waals surface area contributed by atoms with Gasteiger partial charge in [-0.3, -0.25) is 4.79 Å². The van der Waals surface area contributed by atoms with Gasteiger partial charge in [0.15, 0.2) is 0 Å². The predicted octanol–water partition coefficient (Wildman–Crippen LogP) is 2.80. The van der Waals surface area contributed by atoms with Gasteiger partial charge in [-0.15, -0.1) is 0 Å². The molecule has 0 atom stereocenters. The maximum absolute atomic E-state index is 11.7. The molecule has 1 aromatic rings. The first-order chi connectivity index (χ1) is 9.24. The molecule has 2 N–H and O–H groups in total. The van der Waals surface area contributed by atoms with Gasteiger partial charge >= 0.3 is 0 Å². The Kier molecular flexibility index (Phi) is 8.71. The quantitative estimate of drug-likeness (QED) is 0.689. The maximum atomic E-state index is 11.7. The van der Waals surface area contributed by atoms with E-state index in [0.29, 0.717) is 17.1 Å². The van der Waals surface area contributed by atoms with Crippen LogP contribution >= 0.6 is 23.4 Å². The van der Waals surface area contributed by atoms with Gasteiger partial charge in [-0.05, 0) is 36.4 Å². The fourth-order valence-corrected chi connectivity index (χ4v) is 2.39. The summed E-state index contributed by atoms with van der Waals surface area (Å²) < 4.78 is 0. The van der Waals surface area contributed by atoms with Gasteiger partial charge in [0.2, 0.25) is 0 Å². The van der Waals surface area contributed by atoms with Crippen LogP contribution in [0.2, 0.25) is 5.02 Å². The third-order valence-electron chi connectivity index (χ3n) is 2.47. The van der Waals surface area contributed by atoms with Crippen LogP contribution in [0.1, 0.15) is 23.7 Å². The first-order valence-corrected chi connectivity index (χ1v) is 8.09. The molecule has 0 saturated carbocycles. The van der Waals surface area contributed by atoms with E-state index < -0.39 is 0 Å². The number of hydrogen-bond donors (Lipinski definition) is 2. The molecule has 0 unspecified atom stereocenters. The molecule has 1 amide bonds. The van der Waals surface area contributed by atoms with Gasteiger partial charge in [-0.25, -0.2) is 0 Å². The molecule has 0 aromatic heterocycles. The fourth-order valence-electron chi connectivity index (χ4n) is 1.48. The lowest BCUT2D eigenvalue weighted by Gasteiger charge is -2.07. The Bertz CT molecular complexity index is 370. The molecule has 0 aliphatic rings. The molecule has 106 valence electrons. The standard InChI is InChI=1S/C14H21ClN2OS/c1-2-10-19-11-9-16-7-8-17-14(18)12-3-5-13(15)6-4-12/h3-6,16H,2,7-11H2,1H3,(H,17,18). The summed E-state index contributed by atoms with van der Waals surface area (Å²) in [4.78, 5) is 11.7. The van der Waals surface area contributed by atoms with Crippen LogP contribution in [0.15, 0.2) is 24.3 Å².